The largest absolute Gasteiger partial charge is 0.324 e. The maximum atomic E-state index is 12.4. The number of nitrogens with zero attached hydrogens (tertiary/aromatic N) is 6. The fourth-order valence-electron chi connectivity index (χ4n) is 2.68. The Morgan fingerprint density at radius 3 is 2.96 bits per heavy atom. The highest BCUT2D eigenvalue weighted by Gasteiger charge is 2.16. The van der Waals surface area contributed by atoms with Gasteiger partial charge >= 0.3 is 0 Å². The Morgan fingerprint density at radius 2 is 2.17 bits per heavy atom. The molecule has 1 amide bonds. The third-order valence-corrected chi connectivity index (χ3v) is 4.35. The molecule has 0 spiro atoms. The third kappa shape index (κ3) is 4.28. The van der Waals surface area contributed by atoms with E-state index in [0.29, 0.717) is 17.3 Å². The smallest absolute Gasteiger partial charge is 0.238 e. The molecule has 128 valence electrons. The first-order chi connectivity index (χ1) is 11.6. The lowest BCUT2D eigenvalue weighted by molar-refractivity contribution is -0.117. The van der Waals surface area contributed by atoms with Crippen molar-refractivity contribution in [3.8, 4) is 5.69 Å². The fraction of sp³-hybridized carbons (Fsp3) is 0.467. The van der Waals surface area contributed by atoms with Crippen LogP contribution >= 0.6 is 11.6 Å². The molecule has 1 aliphatic rings. The van der Waals surface area contributed by atoms with Crippen molar-refractivity contribution in [1.29, 1.82) is 0 Å². The van der Waals surface area contributed by atoms with Crippen LogP contribution in [0.1, 0.15) is 6.42 Å². The van der Waals surface area contributed by atoms with Gasteiger partial charge in [-0.1, -0.05) is 11.6 Å². The SMILES string of the molecule is CN1CCCN(CC(=O)Nc2cc(-n3cnnn3)ccc2Cl)CC1. The molecule has 9 heteroatoms. The van der Waals surface area contributed by atoms with Gasteiger partial charge in [0.05, 0.1) is 22.9 Å². The average molecular weight is 350 g/mol. The molecule has 8 nitrogen and oxygen atoms in total. The Hall–Kier alpha value is -2.03. The number of rotatable bonds is 4. The van der Waals surface area contributed by atoms with Crippen LogP contribution in [0.15, 0.2) is 24.5 Å². The van der Waals surface area contributed by atoms with Gasteiger partial charge in [-0.15, -0.1) is 5.10 Å². The zero-order valence-corrected chi connectivity index (χ0v) is 14.3. The molecule has 0 aliphatic carbocycles. The van der Waals surface area contributed by atoms with E-state index < -0.39 is 0 Å². The number of amides is 1. The van der Waals surface area contributed by atoms with Gasteiger partial charge in [0.2, 0.25) is 5.91 Å². The van der Waals surface area contributed by atoms with Crippen molar-refractivity contribution in [2.24, 2.45) is 0 Å². The Balaban J connectivity index is 1.64. The van der Waals surface area contributed by atoms with Crippen LogP contribution in [-0.2, 0) is 4.79 Å². The Morgan fingerprint density at radius 1 is 1.29 bits per heavy atom. The zero-order valence-electron chi connectivity index (χ0n) is 13.5. The van der Waals surface area contributed by atoms with Crippen LogP contribution in [0.5, 0.6) is 0 Å². The average Bonchev–Trinajstić information content (AvgIpc) is 3.01. The molecule has 1 aromatic heterocycles. The Bertz CT molecular complexity index is 691. The molecule has 0 bridgehead atoms. The second-order valence-corrected chi connectivity index (χ2v) is 6.31. The molecular formula is C15H20ClN7O. The number of carbonyl (C=O) groups excluding carboxylic acids is 1. The third-order valence-electron chi connectivity index (χ3n) is 4.02. The molecule has 2 heterocycles. The molecule has 1 N–H and O–H groups in total. The quantitative estimate of drug-likeness (QED) is 0.883. The monoisotopic (exact) mass is 349 g/mol. The molecule has 3 rings (SSSR count). The first-order valence-electron chi connectivity index (χ1n) is 7.85. The van der Waals surface area contributed by atoms with E-state index in [4.69, 9.17) is 11.6 Å². The molecule has 24 heavy (non-hydrogen) atoms. The summed E-state index contributed by atoms with van der Waals surface area (Å²) in [7, 11) is 2.11. The van der Waals surface area contributed by atoms with E-state index in [1.54, 1.807) is 18.2 Å². The number of aromatic nitrogens is 4. The summed E-state index contributed by atoms with van der Waals surface area (Å²) in [5.41, 5.74) is 1.29. The molecule has 0 radical (unpaired) electrons. The predicted octanol–water partition coefficient (Wildman–Crippen LogP) is 0.892. The van der Waals surface area contributed by atoms with Crippen LogP contribution in [0.4, 0.5) is 5.69 Å². The lowest BCUT2D eigenvalue weighted by atomic mass is 10.2. The van der Waals surface area contributed by atoms with Crippen LogP contribution in [0.25, 0.3) is 5.69 Å². The van der Waals surface area contributed by atoms with Gasteiger partial charge < -0.3 is 10.2 Å². The topological polar surface area (TPSA) is 79.2 Å². The van der Waals surface area contributed by atoms with Crippen molar-refractivity contribution in [3.63, 3.8) is 0 Å². The minimum atomic E-state index is -0.0738. The summed E-state index contributed by atoms with van der Waals surface area (Å²) >= 11 is 6.19. The second-order valence-electron chi connectivity index (χ2n) is 5.90. The van der Waals surface area contributed by atoms with E-state index in [2.05, 4.69) is 37.7 Å². The van der Waals surface area contributed by atoms with E-state index in [1.807, 2.05) is 0 Å². The van der Waals surface area contributed by atoms with Crippen molar-refractivity contribution in [3.05, 3.63) is 29.5 Å². The van der Waals surface area contributed by atoms with Gasteiger partial charge in [0, 0.05) is 13.1 Å². The van der Waals surface area contributed by atoms with E-state index in [-0.39, 0.29) is 5.91 Å². The highest BCUT2D eigenvalue weighted by Crippen LogP contribution is 2.24. The first-order valence-corrected chi connectivity index (χ1v) is 8.23. The zero-order chi connectivity index (χ0) is 16.9. The number of tetrazole rings is 1. The normalized spacial score (nSPS) is 16.8. The summed E-state index contributed by atoms with van der Waals surface area (Å²) in [6.45, 7) is 4.22. The minimum absolute atomic E-state index is 0.0738. The maximum Gasteiger partial charge on any atom is 0.238 e. The number of benzene rings is 1. The molecule has 2 aromatic rings. The maximum absolute atomic E-state index is 12.4. The molecular weight excluding hydrogens is 330 g/mol. The summed E-state index contributed by atoms with van der Waals surface area (Å²) in [6.07, 6.45) is 2.56. The predicted molar refractivity (Wildman–Crippen MR) is 91.3 cm³/mol. The summed E-state index contributed by atoms with van der Waals surface area (Å²) in [5, 5.41) is 14.4. The number of halogens is 1. The van der Waals surface area contributed by atoms with Gasteiger partial charge in [-0.05, 0) is 55.2 Å². The number of anilines is 1. The van der Waals surface area contributed by atoms with Crippen LogP contribution < -0.4 is 5.32 Å². The fourth-order valence-corrected chi connectivity index (χ4v) is 2.85. The lowest BCUT2D eigenvalue weighted by Crippen LogP contribution is -2.35. The van der Waals surface area contributed by atoms with Crippen molar-refractivity contribution in [2.75, 3.05) is 45.1 Å². The molecule has 0 unspecified atom stereocenters. The van der Waals surface area contributed by atoms with Gasteiger partial charge in [0.1, 0.15) is 6.33 Å². The summed E-state index contributed by atoms with van der Waals surface area (Å²) in [5.74, 6) is -0.0738. The van der Waals surface area contributed by atoms with Gasteiger partial charge in [-0.25, -0.2) is 4.68 Å². The molecule has 1 aromatic carbocycles. The van der Waals surface area contributed by atoms with Crippen molar-refractivity contribution in [2.45, 2.75) is 6.42 Å². The highest BCUT2D eigenvalue weighted by molar-refractivity contribution is 6.33. The van der Waals surface area contributed by atoms with Gasteiger partial charge in [0.15, 0.2) is 0 Å². The standard InChI is InChI=1S/C15H20ClN7O/c1-21-5-2-6-22(8-7-21)10-15(24)18-14-9-12(3-4-13(14)16)23-11-17-19-20-23/h3-4,9,11H,2,5-8,10H2,1H3,(H,18,24). The molecule has 0 atom stereocenters. The number of hydrogen-bond acceptors (Lipinski definition) is 6. The van der Waals surface area contributed by atoms with Gasteiger partial charge in [0.25, 0.3) is 0 Å². The molecule has 1 saturated heterocycles. The first kappa shape index (κ1) is 16.8. The Labute approximate surface area is 145 Å². The highest BCUT2D eigenvalue weighted by atomic mass is 35.5. The van der Waals surface area contributed by atoms with Crippen molar-refractivity contribution >= 4 is 23.2 Å². The molecule has 0 saturated carbocycles. The summed E-state index contributed by atoms with van der Waals surface area (Å²) in [6, 6.07) is 5.26. The lowest BCUT2D eigenvalue weighted by Gasteiger charge is -2.19. The van der Waals surface area contributed by atoms with E-state index >= 15 is 0 Å². The number of likely N-dealkylation sites (N-methyl/N-ethyl adjacent to an activating group) is 1. The van der Waals surface area contributed by atoms with E-state index in [0.717, 1.165) is 38.3 Å². The second kappa shape index (κ2) is 7.69. The number of carbonyl (C=O) groups is 1. The van der Waals surface area contributed by atoms with E-state index in [9.17, 15) is 4.79 Å². The molecule has 1 fully saturated rings. The van der Waals surface area contributed by atoms with Crippen LogP contribution in [0.3, 0.4) is 0 Å². The summed E-state index contributed by atoms with van der Waals surface area (Å²) < 4.78 is 1.51. The van der Waals surface area contributed by atoms with Crippen LogP contribution in [0, 0.1) is 0 Å². The van der Waals surface area contributed by atoms with Crippen molar-refractivity contribution in [1.82, 2.24) is 30.0 Å². The summed E-state index contributed by atoms with van der Waals surface area (Å²) in [4.78, 5) is 16.8. The van der Waals surface area contributed by atoms with Crippen LogP contribution in [0.2, 0.25) is 5.02 Å². The number of nitrogens with one attached hydrogen (secondary N) is 1. The minimum Gasteiger partial charge on any atom is -0.324 e. The van der Waals surface area contributed by atoms with Gasteiger partial charge in [-0.2, -0.15) is 0 Å². The Kier molecular flexibility index (Phi) is 5.39. The van der Waals surface area contributed by atoms with E-state index in [1.165, 1.54) is 11.0 Å². The number of hydrogen-bond donors (Lipinski definition) is 1. The van der Waals surface area contributed by atoms with Crippen molar-refractivity contribution < 1.29 is 4.79 Å². The van der Waals surface area contributed by atoms with Crippen LogP contribution in [-0.4, -0.2) is 75.7 Å². The van der Waals surface area contributed by atoms with Gasteiger partial charge in [-0.3, -0.25) is 9.69 Å². The molecule has 1 aliphatic heterocycles.